The van der Waals surface area contributed by atoms with E-state index in [1.54, 1.807) is 13.0 Å². The Bertz CT molecular complexity index is 1500. The number of aromatic nitrogens is 1. The van der Waals surface area contributed by atoms with Gasteiger partial charge in [0.05, 0.1) is 17.7 Å². The van der Waals surface area contributed by atoms with Gasteiger partial charge in [-0.25, -0.2) is 4.79 Å². The van der Waals surface area contributed by atoms with Crippen molar-refractivity contribution < 1.29 is 14.6 Å². The molecule has 0 amide bonds. The van der Waals surface area contributed by atoms with Crippen molar-refractivity contribution in [1.29, 1.82) is 0 Å². The predicted molar refractivity (Wildman–Crippen MR) is 137 cm³/mol. The quantitative estimate of drug-likeness (QED) is 0.273. The molecule has 1 heterocycles. The van der Waals surface area contributed by atoms with Crippen molar-refractivity contribution in [1.82, 2.24) is 4.57 Å². The number of benzene rings is 4. The van der Waals surface area contributed by atoms with E-state index in [0.717, 1.165) is 33.1 Å². The molecule has 0 saturated carbocycles. The van der Waals surface area contributed by atoms with Crippen LogP contribution in [0.15, 0.2) is 84.9 Å². The van der Waals surface area contributed by atoms with Crippen LogP contribution in [-0.4, -0.2) is 22.2 Å². The van der Waals surface area contributed by atoms with Crippen molar-refractivity contribution in [3.8, 4) is 5.75 Å². The maximum absolute atomic E-state index is 13.3. The molecule has 0 fully saturated rings. The molecule has 0 aliphatic carbocycles. The zero-order chi connectivity index (χ0) is 23.7. The molecule has 1 N–H and O–H groups in total. The molecule has 0 bridgehead atoms. The number of fused-ring (bicyclic) bond motifs is 3. The van der Waals surface area contributed by atoms with E-state index < -0.39 is 5.97 Å². The van der Waals surface area contributed by atoms with E-state index in [2.05, 4.69) is 16.7 Å². The summed E-state index contributed by atoms with van der Waals surface area (Å²) < 4.78 is 7.67. The number of ether oxygens (including phenoxy) is 1. The number of hydrogen-bond donors (Lipinski definition) is 1. The number of phenolic OH excluding ortho intramolecular Hbond substituents is 1. The molecule has 170 valence electrons. The number of esters is 1. The second-order valence-corrected chi connectivity index (χ2v) is 8.69. The van der Waals surface area contributed by atoms with Crippen molar-refractivity contribution in [2.75, 3.05) is 6.61 Å². The van der Waals surface area contributed by atoms with Crippen LogP contribution >= 0.6 is 11.6 Å². The maximum atomic E-state index is 13.3. The van der Waals surface area contributed by atoms with E-state index in [0.29, 0.717) is 28.9 Å². The minimum absolute atomic E-state index is 0.139. The van der Waals surface area contributed by atoms with Gasteiger partial charge in [-0.1, -0.05) is 78.3 Å². The number of aromatic hydroxyl groups is 1. The van der Waals surface area contributed by atoms with Gasteiger partial charge in [-0.05, 0) is 36.2 Å². The highest BCUT2D eigenvalue weighted by atomic mass is 35.5. The van der Waals surface area contributed by atoms with Crippen LogP contribution in [0.2, 0.25) is 5.02 Å². The molecule has 0 spiro atoms. The van der Waals surface area contributed by atoms with Crippen LogP contribution < -0.4 is 0 Å². The fourth-order valence-electron chi connectivity index (χ4n) is 4.64. The van der Waals surface area contributed by atoms with Gasteiger partial charge in [0.1, 0.15) is 5.75 Å². The standard InChI is InChI=1S/C29H24ClNO3/c1-2-34-29(33)27-24-17-26(32)22-13-6-7-14-23(22)28(24)31(18-19-9-4-3-5-10-19)25(27)16-20-11-8-12-21(30)15-20/h3-15,17,32H,2,16,18H2,1H3. The summed E-state index contributed by atoms with van der Waals surface area (Å²) in [6.45, 7) is 2.63. The van der Waals surface area contributed by atoms with E-state index in [1.165, 1.54) is 0 Å². The summed E-state index contributed by atoms with van der Waals surface area (Å²) in [4.78, 5) is 13.3. The molecule has 4 nitrogen and oxygen atoms in total. The first kappa shape index (κ1) is 22.1. The Morgan fingerprint density at radius 1 is 0.882 bits per heavy atom. The lowest BCUT2D eigenvalue weighted by atomic mass is 10.0. The zero-order valence-electron chi connectivity index (χ0n) is 18.8. The first-order valence-corrected chi connectivity index (χ1v) is 11.7. The van der Waals surface area contributed by atoms with Crippen LogP contribution in [0, 0.1) is 0 Å². The minimum atomic E-state index is -0.397. The van der Waals surface area contributed by atoms with Crippen molar-refractivity contribution in [2.45, 2.75) is 19.9 Å². The highest BCUT2D eigenvalue weighted by Gasteiger charge is 2.26. The normalized spacial score (nSPS) is 11.2. The number of carbonyl (C=O) groups excluding carboxylic acids is 1. The number of carbonyl (C=O) groups is 1. The van der Waals surface area contributed by atoms with Crippen LogP contribution in [-0.2, 0) is 17.7 Å². The first-order valence-electron chi connectivity index (χ1n) is 11.3. The fraction of sp³-hybridized carbons (Fsp3) is 0.138. The first-order chi connectivity index (χ1) is 16.6. The fourth-order valence-corrected chi connectivity index (χ4v) is 4.86. The van der Waals surface area contributed by atoms with Gasteiger partial charge in [0.15, 0.2) is 0 Å². The zero-order valence-corrected chi connectivity index (χ0v) is 19.5. The van der Waals surface area contributed by atoms with E-state index in [1.807, 2.05) is 66.7 Å². The van der Waals surface area contributed by atoms with Crippen LogP contribution in [0.5, 0.6) is 5.75 Å². The molecule has 0 radical (unpaired) electrons. The highest BCUT2D eigenvalue weighted by Crippen LogP contribution is 2.39. The monoisotopic (exact) mass is 469 g/mol. The molecule has 5 aromatic rings. The van der Waals surface area contributed by atoms with Gasteiger partial charge in [0.25, 0.3) is 0 Å². The molecule has 34 heavy (non-hydrogen) atoms. The Morgan fingerprint density at radius 3 is 2.32 bits per heavy atom. The molecular weight excluding hydrogens is 446 g/mol. The second-order valence-electron chi connectivity index (χ2n) is 8.26. The summed E-state index contributed by atoms with van der Waals surface area (Å²) in [7, 11) is 0. The predicted octanol–water partition coefficient (Wildman–Crippen LogP) is 6.97. The third-order valence-corrected chi connectivity index (χ3v) is 6.31. The van der Waals surface area contributed by atoms with Gasteiger partial charge in [-0.3, -0.25) is 0 Å². The van der Waals surface area contributed by atoms with Crippen LogP contribution in [0.4, 0.5) is 0 Å². The van der Waals surface area contributed by atoms with E-state index in [-0.39, 0.29) is 12.4 Å². The third kappa shape index (κ3) is 4.02. The second kappa shape index (κ2) is 9.24. The van der Waals surface area contributed by atoms with Crippen LogP contribution in [0.1, 0.15) is 34.1 Å². The van der Waals surface area contributed by atoms with Gasteiger partial charge in [-0.15, -0.1) is 0 Å². The molecule has 4 aromatic carbocycles. The summed E-state index contributed by atoms with van der Waals surface area (Å²) in [6, 6.07) is 27.2. The van der Waals surface area contributed by atoms with Gasteiger partial charge < -0.3 is 14.4 Å². The van der Waals surface area contributed by atoms with Crippen LogP contribution in [0.3, 0.4) is 0 Å². The molecule has 0 atom stereocenters. The maximum Gasteiger partial charge on any atom is 0.340 e. The van der Waals surface area contributed by atoms with Crippen molar-refractivity contribution in [2.24, 2.45) is 0 Å². The van der Waals surface area contributed by atoms with Gasteiger partial charge >= 0.3 is 5.97 Å². The number of hydrogen-bond acceptors (Lipinski definition) is 3. The summed E-state index contributed by atoms with van der Waals surface area (Å²) in [5.41, 5.74) is 4.31. The Hall–Kier alpha value is -3.76. The summed E-state index contributed by atoms with van der Waals surface area (Å²) in [5.74, 6) is -0.258. The van der Waals surface area contributed by atoms with E-state index >= 15 is 0 Å². The Balaban J connectivity index is 1.86. The van der Waals surface area contributed by atoms with E-state index in [9.17, 15) is 9.90 Å². The molecular formula is C29H24ClNO3. The minimum Gasteiger partial charge on any atom is -0.507 e. The Kier molecular flexibility index (Phi) is 5.99. The average molecular weight is 470 g/mol. The lowest BCUT2D eigenvalue weighted by molar-refractivity contribution is 0.0527. The number of nitrogens with zero attached hydrogens (tertiary/aromatic N) is 1. The lowest BCUT2D eigenvalue weighted by Gasteiger charge is -2.14. The molecule has 5 rings (SSSR count). The Labute approximate surface area is 203 Å². The molecule has 0 unspecified atom stereocenters. The van der Waals surface area contributed by atoms with Crippen molar-refractivity contribution >= 4 is 39.2 Å². The molecule has 5 heteroatoms. The molecule has 0 aliphatic heterocycles. The van der Waals surface area contributed by atoms with Crippen LogP contribution in [0.25, 0.3) is 21.7 Å². The Morgan fingerprint density at radius 2 is 1.59 bits per heavy atom. The summed E-state index contributed by atoms with van der Waals surface area (Å²) in [6.07, 6.45) is 0.491. The van der Waals surface area contributed by atoms with Crippen molar-refractivity contribution in [3.63, 3.8) is 0 Å². The van der Waals surface area contributed by atoms with Gasteiger partial charge in [0, 0.05) is 39.8 Å². The lowest BCUT2D eigenvalue weighted by Crippen LogP contribution is -2.11. The van der Waals surface area contributed by atoms with E-state index in [4.69, 9.17) is 16.3 Å². The SMILES string of the molecule is CCOC(=O)c1c(Cc2cccc(Cl)c2)n(Cc2ccccc2)c2c1cc(O)c1ccccc12. The highest BCUT2D eigenvalue weighted by molar-refractivity contribution is 6.30. The summed E-state index contributed by atoms with van der Waals surface area (Å²) >= 11 is 6.28. The smallest absolute Gasteiger partial charge is 0.340 e. The number of rotatable bonds is 6. The largest absolute Gasteiger partial charge is 0.507 e. The van der Waals surface area contributed by atoms with Crippen molar-refractivity contribution in [3.05, 3.63) is 112 Å². The van der Waals surface area contributed by atoms with Gasteiger partial charge in [-0.2, -0.15) is 0 Å². The summed E-state index contributed by atoms with van der Waals surface area (Å²) in [5, 5.41) is 13.8. The molecule has 0 aliphatic rings. The van der Waals surface area contributed by atoms with Gasteiger partial charge in [0.2, 0.25) is 0 Å². The number of halogens is 1. The molecule has 1 aromatic heterocycles. The topological polar surface area (TPSA) is 51.5 Å². The number of phenols is 1. The average Bonchev–Trinajstić information content (AvgIpc) is 3.12. The third-order valence-electron chi connectivity index (χ3n) is 6.07. The molecule has 0 saturated heterocycles.